The summed E-state index contributed by atoms with van der Waals surface area (Å²) in [7, 11) is 0. The van der Waals surface area contributed by atoms with Crippen LogP contribution in [0.15, 0.2) is 0 Å². The number of carbonyl (C=O) groups is 2. The van der Waals surface area contributed by atoms with E-state index < -0.39 is 24.0 Å². The Morgan fingerprint density at radius 1 is 1.50 bits per heavy atom. The Morgan fingerprint density at radius 3 is 2.50 bits per heavy atom. The number of nitrogens with zero attached hydrogens (tertiary/aromatic N) is 1. The maximum atomic E-state index is 12.3. The first-order valence-corrected chi connectivity index (χ1v) is 4.90. The van der Waals surface area contributed by atoms with E-state index in [1.165, 1.54) is 0 Å². The van der Waals surface area contributed by atoms with E-state index in [2.05, 4.69) is 5.32 Å². The van der Waals surface area contributed by atoms with E-state index in [9.17, 15) is 22.8 Å². The van der Waals surface area contributed by atoms with Gasteiger partial charge in [0.2, 0.25) is 5.91 Å². The molecule has 1 saturated heterocycles. The molecule has 7 heteroatoms. The highest BCUT2D eigenvalue weighted by Gasteiger charge is 2.47. The summed E-state index contributed by atoms with van der Waals surface area (Å²) in [6.45, 7) is 3.16. The summed E-state index contributed by atoms with van der Waals surface area (Å²) in [5.74, 6) is -2.83. The topological polar surface area (TPSA) is 49.4 Å². The zero-order valence-corrected chi connectivity index (χ0v) is 8.97. The van der Waals surface area contributed by atoms with Crippen molar-refractivity contribution in [2.75, 3.05) is 13.1 Å². The number of alkyl halides is 3. The molecule has 1 rings (SSSR count). The maximum absolute atomic E-state index is 12.3. The SMILES string of the molecule is CC(C)C1C(=O)NCCN1C(=O)C(F)(F)F. The summed E-state index contributed by atoms with van der Waals surface area (Å²) < 4.78 is 36.8. The Bertz CT molecular complexity index is 302. The molecule has 1 aliphatic rings. The monoisotopic (exact) mass is 238 g/mol. The van der Waals surface area contributed by atoms with E-state index in [-0.39, 0.29) is 19.0 Å². The van der Waals surface area contributed by atoms with Crippen molar-refractivity contribution in [2.45, 2.75) is 26.1 Å². The van der Waals surface area contributed by atoms with Crippen LogP contribution in [-0.2, 0) is 9.59 Å². The molecule has 1 fully saturated rings. The fourth-order valence-corrected chi connectivity index (χ4v) is 1.74. The van der Waals surface area contributed by atoms with E-state index in [4.69, 9.17) is 0 Å². The standard InChI is InChI=1S/C9H13F3N2O2/c1-5(2)6-7(15)13-3-4-14(6)8(16)9(10,11)12/h5-6H,3-4H2,1-2H3,(H,13,15). The fourth-order valence-electron chi connectivity index (χ4n) is 1.74. The van der Waals surface area contributed by atoms with Gasteiger partial charge in [0.1, 0.15) is 6.04 Å². The lowest BCUT2D eigenvalue weighted by atomic mass is 9.99. The van der Waals surface area contributed by atoms with Crippen LogP contribution in [0, 0.1) is 5.92 Å². The number of nitrogens with one attached hydrogen (secondary N) is 1. The first-order chi connectivity index (χ1) is 7.25. The van der Waals surface area contributed by atoms with Crippen LogP contribution in [0.5, 0.6) is 0 Å². The third-order valence-corrected chi connectivity index (χ3v) is 2.39. The summed E-state index contributed by atoms with van der Waals surface area (Å²) in [5.41, 5.74) is 0. The van der Waals surface area contributed by atoms with Crippen molar-refractivity contribution in [2.24, 2.45) is 5.92 Å². The molecule has 0 aliphatic carbocycles. The molecular weight excluding hydrogens is 225 g/mol. The smallest absolute Gasteiger partial charge is 0.353 e. The summed E-state index contributed by atoms with van der Waals surface area (Å²) >= 11 is 0. The van der Waals surface area contributed by atoms with Gasteiger partial charge in [0.25, 0.3) is 0 Å². The van der Waals surface area contributed by atoms with Crippen LogP contribution >= 0.6 is 0 Å². The van der Waals surface area contributed by atoms with Crippen molar-refractivity contribution >= 4 is 11.8 Å². The number of halogens is 3. The molecule has 2 amide bonds. The van der Waals surface area contributed by atoms with Gasteiger partial charge in [0, 0.05) is 13.1 Å². The van der Waals surface area contributed by atoms with Crippen LogP contribution < -0.4 is 5.32 Å². The molecule has 0 aromatic rings. The van der Waals surface area contributed by atoms with E-state index >= 15 is 0 Å². The lowest BCUT2D eigenvalue weighted by Crippen LogP contribution is -2.61. The Morgan fingerprint density at radius 2 is 2.06 bits per heavy atom. The van der Waals surface area contributed by atoms with Gasteiger partial charge in [0.05, 0.1) is 0 Å². The highest BCUT2D eigenvalue weighted by Crippen LogP contribution is 2.23. The third kappa shape index (κ3) is 2.45. The highest BCUT2D eigenvalue weighted by atomic mass is 19.4. The van der Waals surface area contributed by atoms with E-state index in [1.54, 1.807) is 13.8 Å². The molecule has 0 radical (unpaired) electrons. The number of carbonyl (C=O) groups excluding carboxylic acids is 2. The minimum absolute atomic E-state index is 0.0594. The molecule has 16 heavy (non-hydrogen) atoms. The van der Waals surface area contributed by atoms with Gasteiger partial charge < -0.3 is 10.2 Å². The molecule has 0 spiro atoms. The maximum Gasteiger partial charge on any atom is 0.471 e. The van der Waals surface area contributed by atoms with Crippen molar-refractivity contribution in [3.05, 3.63) is 0 Å². The second-order valence-electron chi connectivity index (χ2n) is 3.98. The molecule has 0 saturated carbocycles. The molecule has 1 heterocycles. The first-order valence-electron chi connectivity index (χ1n) is 4.90. The van der Waals surface area contributed by atoms with E-state index in [0.717, 1.165) is 0 Å². The molecule has 92 valence electrons. The lowest BCUT2D eigenvalue weighted by Gasteiger charge is -2.37. The highest BCUT2D eigenvalue weighted by molar-refractivity contribution is 5.91. The lowest BCUT2D eigenvalue weighted by molar-refractivity contribution is -0.190. The molecule has 0 aromatic heterocycles. The van der Waals surface area contributed by atoms with Crippen LogP contribution in [0.1, 0.15) is 13.8 Å². The van der Waals surface area contributed by atoms with Crippen molar-refractivity contribution < 1.29 is 22.8 Å². The Balaban J connectivity index is 2.92. The Labute approximate surface area is 90.8 Å². The number of piperazine rings is 1. The predicted octanol–water partition coefficient (Wildman–Crippen LogP) is 0.532. The van der Waals surface area contributed by atoms with Crippen LogP contribution in [0.3, 0.4) is 0 Å². The van der Waals surface area contributed by atoms with Crippen molar-refractivity contribution in [1.29, 1.82) is 0 Å². The zero-order valence-electron chi connectivity index (χ0n) is 8.97. The largest absolute Gasteiger partial charge is 0.471 e. The Kier molecular flexibility index (Phi) is 3.44. The van der Waals surface area contributed by atoms with Crippen molar-refractivity contribution in [3.8, 4) is 0 Å². The fraction of sp³-hybridized carbons (Fsp3) is 0.778. The quantitative estimate of drug-likeness (QED) is 0.724. The van der Waals surface area contributed by atoms with Crippen molar-refractivity contribution in [3.63, 3.8) is 0 Å². The minimum atomic E-state index is -4.93. The van der Waals surface area contributed by atoms with Gasteiger partial charge in [-0.3, -0.25) is 9.59 Å². The minimum Gasteiger partial charge on any atom is -0.353 e. The van der Waals surface area contributed by atoms with Gasteiger partial charge in [0.15, 0.2) is 0 Å². The number of hydrogen-bond donors (Lipinski definition) is 1. The second-order valence-corrected chi connectivity index (χ2v) is 3.98. The average Bonchev–Trinajstić information content (AvgIpc) is 2.14. The number of hydrogen-bond acceptors (Lipinski definition) is 2. The van der Waals surface area contributed by atoms with Crippen LogP contribution in [0.4, 0.5) is 13.2 Å². The van der Waals surface area contributed by atoms with Gasteiger partial charge in [-0.25, -0.2) is 0 Å². The Hall–Kier alpha value is -1.27. The van der Waals surface area contributed by atoms with E-state index in [1.807, 2.05) is 0 Å². The van der Waals surface area contributed by atoms with Gasteiger partial charge in [-0.05, 0) is 5.92 Å². The van der Waals surface area contributed by atoms with Gasteiger partial charge in [-0.2, -0.15) is 13.2 Å². The first kappa shape index (κ1) is 12.8. The van der Waals surface area contributed by atoms with Crippen LogP contribution in [0.25, 0.3) is 0 Å². The van der Waals surface area contributed by atoms with Gasteiger partial charge in [-0.1, -0.05) is 13.8 Å². The molecule has 0 bridgehead atoms. The molecular formula is C9H13F3N2O2. The summed E-state index contributed by atoms with van der Waals surface area (Å²) in [4.78, 5) is 23.1. The molecule has 1 unspecified atom stereocenters. The molecule has 1 aliphatic heterocycles. The van der Waals surface area contributed by atoms with E-state index in [0.29, 0.717) is 4.90 Å². The molecule has 4 nitrogen and oxygen atoms in total. The second kappa shape index (κ2) is 4.31. The normalized spacial score (nSPS) is 22.2. The molecule has 1 atom stereocenters. The average molecular weight is 238 g/mol. The summed E-state index contributed by atoms with van der Waals surface area (Å²) in [6.07, 6.45) is -4.93. The third-order valence-electron chi connectivity index (χ3n) is 2.39. The zero-order chi connectivity index (χ0) is 12.5. The van der Waals surface area contributed by atoms with Crippen molar-refractivity contribution in [1.82, 2.24) is 10.2 Å². The number of rotatable bonds is 1. The predicted molar refractivity (Wildman–Crippen MR) is 49.4 cm³/mol. The molecule has 1 N–H and O–H groups in total. The number of amides is 2. The summed E-state index contributed by atoms with van der Waals surface area (Å²) in [5, 5.41) is 2.45. The van der Waals surface area contributed by atoms with Gasteiger partial charge in [-0.15, -0.1) is 0 Å². The summed E-state index contributed by atoms with van der Waals surface area (Å²) in [6, 6.07) is -1.04. The van der Waals surface area contributed by atoms with Crippen LogP contribution in [-0.4, -0.2) is 42.0 Å². The van der Waals surface area contributed by atoms with Gasteiger partial charge >= 0.3 is 12.1 Å². The van der Waals surface area contributed by atoms with Crippen LogP contribution in [0.2, 0.25) is 0 Å². The molecule has 0 aromatic carbocycles.